The standard InChI is InChI=1S/C28H31N3O5S2.ClH/c1-18(2)30-16-14-22-24(17-30)37-27(25(22)28(33)36-3)29-26(32)20-10-12-21(13-11-20)38(34,35)31-15-6-8-19-7-4-5-9-23(19)31;/h4-5,7,9-13,18H,6,8,14-17H2,1-3H3,(H,29,32);1H. The zero-order valence-corrected chi connectivity index (χ0v) is 24.5. The summed E-state index contributed by atoms with van der Waals surface area (Å²) in [6.07, 6.45) is 2.30. The Kier molecular flexibility index (Phi) is 8.70. The van der Waals surface area contributed by atoms with Crippen molar-refractivity contribution >= 4 is 56.3 Å². The van der Waals surface area contributed by atoms with Gasteiger partial charge in [0.05, 0.1) is 23.3 Å². The molecular weight excluding hydrogens is 558 g/mol. The molecule has 0 bridgehead atoms. The molecule has 0 radical (unpaired) electrons. The van der Waals surface area contributed by atoms with Crippen LogP contribution in [0.4, 0.5) is 10.7 Å². The topological polar surface area (TPSA) is 96.0 Å². The molecule has 2 aliphatic rings. The highest BCUT2D eigenvalue weighted by atomic mass is 35.5. The Balaban J connectivity index is 0.00000353. The summed E-state index contributed by atoms with van der Waals surface area (Å²) in [5, 5.41) is 3.34. The smallest absolute Gasteiger partial charge is 0.341 e. The van der Waals surface area contributed by atoms with E-state index in [1.807, 2.05) is 24.3 Å². The summed E-state index contributed by atoms with van der Waals surface area (Å²) in [6, 6.07) is 13.8. The molecule has 1 N–H and O–H groups in total. The van der Waals surface area contributed by atoms with Gasteiger partial charge in [0.2, 0.25) is 0 Å². The maximum absolute atomic E-state index is 13.4. The summed E-state index contributed by atoms with van der Waals surface area (Å²) in [5.74, 6) is -0.888. The van der Waals surface area contributed by atoms with Crippen LogP contribution in [0.3, 0.4) is 0 Å². The summed E-state index contributed by atoms with van der Waals surface area (Å²) < 4.78 is 33.3. The molecule has 0 atom stereocenters. The second-order valence-corrected chi connectivity index (χ2v) is 12.8. The number of thiophene rings is 1. The first-order chi connectivity index (χ1) is 18.2. The summed E-state index contributed by atoms with van der Waals surface area (Å²) >= 11 is 1.39. The van der Waals surface area contributed by atoms with Crippen molar-refractivity contribution in [2.24, 2.45) is 0 Å². The predicted octanol–water partition coefficient (Wildman–Crippen LogP) is 5.12. The van der Waals surface area contributed by atoms with Crippen LogP contribution in [0.15, 0.2) is 53.4 Å². The van der Waals surface area contributed by atoms with Gasteiger partial charge in [-0.2, -0.15) is 0 Å². The second-order valence-electron chi connectivity index (χ2n) is 9.80. The normalized spacial score (nSPS) is 15.2. The maximum Gasteiger partial charge on any atom is 0.341 e. The van der Waals surface area contributed by atoms with Gasteiger partial charge in [-0.3, -0.25) is 14.0 Å². The molecule has 0 aliphatic carbocycles. The van der Waals surface area contributed by atoms with E-state index in [0.29, 0.717) is 47.4 Å². The molecule has 39 heavy (non-hydrogen) atoms. The molecule has 0 spiro atoms. The van der Waals surface area contributed by atoms with Crippen molar-refractivity contribution < 1.29 is 22.7 Å². The lowest BCUT2D eigenvalue weighted by atomic mass is 10.0. The monoisotopic (exact) mass is 589 g/mol. The van der Waals surface area contributed by atoms with E-state index in [4.69, 9.17) is 4.74 Å². The predicted molar refractivity (Wildman–Crippen MR) is 156 cm³/mol. The quantitative estimate of drug-likeness (QED) is 0.401. The number of nitrogens with zero attached hydrogens (tertiary/aromatic N) is 2. The molecule has 8 nitrogen and oxygen atoms in total. The fourth-order valence-electron chi connectivity index (χ4n) is 5.10. The van der Waals surface area contributed by atoms with Crippen LogP contribution >= 0.6 is 23.7 Å². The van der Waals surface area contributed by atoms with E-state index in [1.165, 1.54) is 47.0 Å². The zero-order valence-electron chi connectivity index (χ0n) is 22.1. The summed E-state index contributed by atoms with van der Waals surface area (Å²) in [4.78, 5) is 29.3. The van der Waals surface area contributed by atoms with Gasteiger partial charge in [0.15, 0.2) is 0 Å². The van der Waals surface area contributed by atoms with Crippen LogP contribution in [0.1, 0.15) is 57.0 Å². The molecule has 0 fully saturated rings. The minimum Gasteiger partial charge on any atom is -0.465 e. The van der Waals surface area contributed by atoms with Crippen molar-refractivity contribution in [3.8, 4) is 0 Å². The third-order valence-corrected chi connectivity index (χ3v) is 10.2. The number of para-hydroxylation sites is 1. The molecule has 2 aromatic carbocycles. The number of aryl methyl sites for hydroxylation is 1. The molecule has 0 saturated carbocycles. The number of esters is 1. The van der Waals surface area contributed by atoms with Gasteiger partial charge in [0.1, 0.15) is 5.00 Å². The number of amides is 1. The van der Waals surface area contributed by atoms with Gasteiger partial charge in [-0.1, -0.05) is 18.2 Å². The van der Waals surface area contributed by atoms with Crippen molar-refractivity contribution in [2.75, 3.05) is 29.8 Å². The molecular formula is C28H32ClN3O5S2. The lowest BCUT2D eigenvalue weighted by Crippen LogP contribution is -2.35. The molecule has 0 saturated heterocycles. The number of nitrogens with one attached hydrogen (secondary N) is 1. The number of hydrogen-bond acceptors (Lipinski definition) is 7. The van der Waals surface area contributed by atoms with Crippen LogP contribution in [-0.2, 0) is 34.1 Å². The number of hydrogen-bond donors (Lipinski definition) is 1. The first-order valence-electron chi connectivity index (χ1n) is 12.7. The van der Waals surface area contributed by atoms with E-state index in [0.717, 1.165) is 35.4 Å². The van der Waals surface area contributed by atoms with E-state index >= 15 is 0 Å². The van der Waals surface area contributed by atoms with Crippen molar-refractivity contribution in [3.63, 3.8) is 0 Å². The van der Waals surface area contributed by atoms with Gasteiger partial charge >= 0.3 is 5.97 Å². The summed E-state index contributed by atoms with van der Waals surface area (Å²) in [6.45, 7) is 6.22. The molecule has 2 aliphatic heterocycles. The molecule has 3 aromatic rings. The second kappa shape index (κ2) is 11.7. The zero-order chi connectivity index (χ0) is 27.0. The van der Waals surface area contributed by atoms with Gasteiger partial charge < -0.3 is 10.1 Å². The van der Waals surface area contributed by atoms with Crippen LogP contribution < -0.4 is 9.62 Å². The van der Waals surface area contributed by atoms with Gasteiger partial charge in [-0.25, -0.2) is 13.2 Å². The summed E-state index contributed by atoms with van der Waals surface area (Å²) in [7, 11) is -2.44. The number of rotatable bonds is 6. The Morgan fingerprint density at radius 2 is 1.74 bits per heavy atom. The fourth-order valence-corrected chi connectivity index (χ4v) is 7.90. The Labute approximate surface area is 239 Å². The van der Waals surface area contributed by atoms with E-state index in [-0.39, 0.29) is 17.3 Å². The van der Waals surface area contributed by atoms with E-state index in [2.05, 4.69) is 24.1 Å². The third-order valence-electron chi connectivity index (χ3n) is 7.21. The minimum absolute atomic E-state index is 0. The van der Waals surface area contributed by atoms with E-state index in [9.17, 15) is 18.0 Å². The number of carbonyl (C=O) groups is 2. The minimum atomic E-state index is -3.77. The first-order valence-corrected chi connectivity index (χ1v) is 15.0. The number of carbonyl (C=O) groups excluding carboxylic acids is 2. The lowest BCUT2D eigenvalue weighted by Gasteiger charge is -2.30. The van der Waals surface area contributed by atoms with Crippen molar-refractivity contribution in [3.05, 3.63) is 75.7 Å². The van der Waals surface area contributed by atoms with Gasteiger partial charge in [-0.15, -0.1) is 23.7 Å². The summed E-state index contributed by atoms with van der Waals surface area (Å²) in [5.41, 5.74) is 3.35. The number of fused-ring (bicyclic) bond motifs is 2. The van der Waals surface area contributed by atoms with Crippen LogP contribution in [0.2, 0.25) is 0 Å². The molecule has 0 unspecified atom stereocenters. The molecule has 1 amide bonds. The molecule has 208 valence electrons. The number of benzene rings is 2. The number of sulfonamides is 1. The number of ether oxygens (including phenoxy) is 1. The van der Waals surface area contributed by atoms with Crippen LogP contribution in [0, 0.1) is 0 Å². The van der Waals surface area contributed by atoms with Gasteiger partial charge in [-0.05, 0) is 74.6 Å². The Bertz CT molecular complexity index is 1490. The lowest BCUT2D eigenvalue weighted by molar-refractivity contribution is 0.0600. The largest absolute Gasteiger partial charge is 0.465 e. The Morgan fingerprint density at radius 3 is 2.44 bits per heavy atom. The number of methoxy groups -OCH3 is 1. The van der Waals surface area contributed by atoms with Crippen molar-refractivity contribution in [2.45, 2.75) is 50.6 Å². The van der Waals surface area contributed by atoms with Crippen molar-refractivity contribution in [1.82, 2.24) is 4.90 Å². The van der Waals surface area contributed by atoms with Crippen LogP contribution in [-0.4, -0.2) is 51.4 Å². The molecule has 5 rings (SSSR count). The van der Waals surface area contributed by atoms with E-state index < -0.39 is 21.9 Å². The number of halogens is 1. The fraction of sp³-hybridized carbons (Fsp3) is 0.357. The Hall–Kier alpha value is -2.92. The van der Waals surface area contributed by atoms with Crippen LogP contribution in [0.25, 0.3) is 0 Å². The highest BCUT2D eigenvalue weighted by Crippen LogP contribution is 2.38. The van der Waals surface area contributed by atoms with Gasteiger partial charge in [0.25, 0.3) is 15.9 Å². The molecule has 3 heterocycles. The maximum atomic E-state index is 13.4. The van der Waals surface area contributed by atoms with Crippen LogP contribution in [0.5, 0.6) is 0 Å². The van der Waals surface area contributed by atoms with E-state index in [1.54, 1.807) is 0 Å². The number of anilines is 2. The highest BCUT2D eigenvalue weighted by molar-refractivity contribution is 7.92. The average Bonchev–Trinajstić information content (AvgIpc) is 3.29. The Morgan fingerprint density at radius 1 is 1.03 bits per heavy atom. The molecule has 1 aromatic heterocycles. The molecule has 11 heteroatoms. The van der Waals surface area contributed by atoms with Gasteiger partial charge in [0, 0.05) is 36.1 Å². The van der Waals surface area contributed by atoms with Crippen molar-refractivity contribution in [1.29, 1.82) is 0 Å². The SMILES string of the molecule is COC(=O)c1c(NC(=O)c2ccc(S(=O)(=O)N3CCCc4ccccc43)cc2)sc2c1CCN(C(C)C)C2.Cl. The first kappa shape index (κ1) is 29.1. The third kappa shape index (κ3) is 5.56. The average molecular weight is 590 g/mol. The highest BCUT2D eigenvalue weighted by Gasteiger charge is 2.31.